The van der Waals surface area contributed by atoms with Gasteiger partial charge >= 0.3 is 0 Å². The van der Waals surface area contributed by atoms with Crippen molar-refractivity contribution in [3.05, 3.63) is 11.6 Å². The second-order valence-corrected chi connectivity index (χ2v) is 13.9. The maximum atomic E-state index is 12.8. The van der Waals surface area contributed by atoms with Crippen LogP contribution in [0.3, 0.4) is 0 Å². The Labute approximate surface area is 199 Å². The summed E-state index contributed by atoms with van der Waals surface area (Å²) in [6.07, 6.45) is 15.6. The van der Waals surface area contributed by atoms with Crippen LogP contribution < -0.4 is 0 Å². The molecule has 4 rings (SSSR count). The molecule has 0 amide bonds. The van der Waals surface area contributed by atoms with E-state index >= 15 is 0 Å². The van der Waals surface area contributed by atoms with Crippen LogP contribution >= 0.6 is 0 Å². The first-order chi connectivity index (χ1) is 15.0. The number of rotatable bonds is 6. The monoisotopic (exact) mass is 440 g/mol. The van der Waals surface area contributed by atoms with Crippen LogP contribution in [-0.2, 0) is 4.79 Å². The Hall–Kier alpha value is -0.590. The van der Waals surface area contributed by atoms with Gasteiger partial charge in [0.05, 0.1) is 0 Å². The highest BCUT2D eigenvalue weighted by Gasteiger charge is 2.61. The van der Waals surface area contributed by atoms with Crippen molar-refractivity contribution in [1.29, 1.82) is 0 Å². The highest BCUT2D eigenvalue weighted by molar-refractivity contribution is 5.89. The van der Waals surface area contributed by atoms with Gasteiger partial charge in [0.15, 0.2) is 0 Å². The molecule has 182 valence electrons. The summed E-state index contributed by atoms with van der Waals surface area (Å²) in [5.74, 6) is 6.53. The third-order valence-electron chi connectivity index (χ3n) is 11.9. The van der Waals surface area contributed by atoms with Gasteiger partial charge in [0.1, 0.15) is 5.78 Å². The predicted octanol–water partition coefficient (Wildman–Crippen LogP) is 8.87. The van der Waals surface area contributed by atoms with Crippen molar-refractivity contribution in [3.8, 4) is 0 Å². The molecule has 0 heterocycles. The molecule has 0 radical (unpaired) electrons. The average Bonchev–Trinajstić information content (AvgIpc) is 3.08. The molecule has 3 saturated carbocycles. The maximum Gasteiger partial charge on any atom is 0.142 e. The summed E-state index contributed by atoms with van der Waals surface area (Å²) < 4.78 is 0. The maximum absolute atomic E-state index is 12.8. The first-order valence-corrected chi connectivity index (χ1v) is 14.2. The fraction of sp³-hybridized carbons (Fsp3) is 0.903. The topological polar surface area (TPSA) is 17.1 Å². The first-order valence-electron chi connectivity index (χ1n) is 14.2. The lowest BCUT2D eigenvalue weighted by Gasteiger charge is -2.60. The normalized spacial score (nSPS) is 42.7. The lowest BCUT2D eigenvalue weighted by atomic mass is 9.44. The summed E-state index contributed by atoms with van der Waals surface area (Å²) in [5.41, 5.74) is 2.07. The van der Waals surface area contributed by atoms with Crippen LogP contribution in [0.25, 0.3) is 0 Å². The van der Waals surface area contributed by atoms with Crippen molar-refractivity contribution in [2.75, 3.05) is 0 Å². The quantitative estimate of drug-likeness (QED) is 0.377. The number of carbonyl (C=O) groups excluding carboxylic acids is 1. The molecule has 1 heteroatoms. The predicted molar refractivity (Wildman–Crippen MR) is 136 cm³/mol. The molecular weight excluding hydrogens is 388 g/mol. The Morgan fingerprint density at radius 1 is 0.969 bits per heavy atom. The molecule has 0 aromatic carbocycles. The summed E-state index contributed by atoms with van der Waals surface area (Å²) in [6, 6.07) is 0. The van der Waals surface area contributed by atoms with Crippen molar-refractivity contribution in [3.63, 3.8) is 0 Å². The highest BCUT2D eigenvalue weighted by Crippen LogP contribution is 2.68. The van der Waals surface area contributed by atoms with Crippen LogP contribution in [0.4, 0.5) is 0 Å². The zero-order chi connectivity index (χ0) is 23.5. The second-order valence-electron chi connectivity index (χ2n) is 13.9. The second kappa shape index (κ2) is 8.57. The Bertz CT molecular complexity index is 744. The molecule has 0 bridgehead atoms. The zero-order valence-corrected chi connectivity index (χ0v) is 22.6. The van der Waals surface area contributed by atoms with Gasteiger partial charge in [-0.25, -0.2) is 0 Å². The van der Waals surface area contributed by atoms with Crippen LogP contribution in [0.1, 0.15) is 120 Å². The Morgan fingerprint density at radius 2 is 1.69 bits per heavy atom. The van der Waals surface area contributed by atoms with Gasteiger partial charge < -0.3 is 0 Å². The Kier molecular flexibility index (Phi) is 6.57. The smallest absolute Gasteiger partial charge is 0.142 e. The number of hydrogen-bond donors (Lipinski definition) is 0. The molecule has 0 N–H and O–H groups in total. The third-order valence-corrected chi connectivity index (χ3v) is 11.9. The van der Waals surface area contributed by atoms with Crippen molar-refractivity contribution < 1.29 is 4.79 Å². The number of allylic oxidation sites excluding steroid dienone is 2. The number of carbonyl (C=O) groups is 1. The van der Waals surface area contributed by atoms with Crippen LogP contribution in [-0.4, -0.2) is 5.78 Å². The molecule has 0 aromatic heterocycles. The van der Waals surface area contributed by atoms with E-state index in [4.69, 9.17) is 0 Å². The summed E-state index contributed by atoms with van der Waals surface area (Å²) in [5, 5.41) is 0. The van der Waals surface area contributed by atoms with Gasteiger partial charge in [-0.1, -0.05) is 66.0 Å². The van der Waals surface area contributed by atoms with E-state index in [2.05, 4.69) is 61.5 Å². The largest absolute Gasteiger partial charge is 0.299 e. The van der Waals surface area contributed by atoms with Gasteiger partial charge in [-0.3, -0.25) is 4.79 Å². The fourth-order valence-corrected chi connectivity index (χ4v) is 9.88. The molecule has 4 aliphatic carbocycles. The fourth-order valence-electron chi connectivity index (χ4n) is 9.88. The molecule has 0 unspecified atom stereocenters. The van der Waals surface area contributed by atoms with E-state index in [-0.39, 0.29) is 10.8 Å². The first kappa shape index (κ1) is 24.5. The van der Waals surface area contributed by atoms with Crippen LogP contribution in [0.5, 0.6) is 0 Å². The van der Waals surface area contributed by atoms with Crippen LogP contribution in [0.15, 0.2) is 11.6 Å². The minimum absolute atomic E-state index is 0.238. The molecule has 4 aliphatic rings. The molecule has 0 aliphatic heterocycles. The standard InChI is InChI=1S/C31H52O/c1-9-22(20(2)3)11-10-21(4)24-13-14-25-23-12-15-27-29(5,6)28(32)17-19-31(27,8)26(23)16-18-30(24,25)7/h15,20-26H,9-14,16-19H2,1-8H3/t21-,22-,23+,24-,25+,26+,30+,31+/m0/s1. The summed E-state index contributed by atoms with van der Waals surface area (Å²) >= 11 is 0. The van der Waals surface area contributed by atoms with Crippen LogP contribution in [0.2, 0.25) is 0 Å². The van der Waals surface area contributed by atoms with Gasteiger partial charge in [0, 0.05) is 11.8 Å². The van der Waals surface area contributed by atoms with E-state index < -0.39 is 0 Å². The molecular formula is C31H52O. The van der Waals surface area contributed by atoms with E-state index in [1.165, 1.54) is 56.9 Å². The van der Waals surface area contributed by atoms with Gasteiger partial charge in [-0.2, -0.15) is 0 Å². The van der Waals surface area contributed by atoms with Gasteiger partial charge in [-0.15, -0.1) is 0 Å². The summed E-state index contributed by atoms with van der Waals surface area (Å²) in [6.45, 7) is 19.5. The zero-order valence-electron chi connectivity index (χ0n) is 22.6. The van der Waals surface area contributed by atoms with Gasteiger partial charge in [0.2, 0.25) is 0 Å². The van der Waals surface area contributed by atoms with E-state index in [9.17, 15) is 4.79 Å². The third kappa shape index (κ3) is 3.67. The molecule has 32 heavy (non-hydrogen) atoms. The molecule has 3 fully saturated rings. The van der Waals surface area contributed by atoms with Crippen molar-refractivity contribution in [2.24, 2.45) is 57.7 Å². The Balaban J connectivity index is 1.52. The number of ketones is 1. The number of fused-ring (bicyclic) bond motifs is 5. The van der Waals surface area contributed by atoms with Gasteiger partial charge in [-0.05, 0) is 111 Å². The van der Waals surface area contributed by atoms with Crippen LogP contribution in [0, 0.1) is 57.7 Å². The minimum Gasteiger partial charge on any atom is -0.299 e. The lowest BCUT2D eigenvalue weighted by molar-refractivity contribution is -0.132. The molecule has 0 spiro atoms. The number of Topliss-reactive ketones (excluding diaryl/α,β-unsaturated/α-hetero) is 1. The SMILES string of the molecule is CC[C@@H](CC[C@H](C)[C@@H]1CC[C@@H]2[C@H]3CC=C4C(C)(C)C(=O)CC[C@]4(C)[C@@H]3CC[C@@]21C)C(C)C. The average molecular weight is 441 g/mol. The summed E-state index contributed by atoms with van der Waals surface area (Å²) in [7, 11) is 0. The van der Waals surface area contributed by atoms with E-state index in [1.807, 2.05) is 0 Å². The molecule has 1 nitrogen and oxygen atoms in total. The lowest BCUT2D eigenvalue weighted by Crippen LogP contribution is -2.53. The molecule has 0 aromatic rings. The van der Waals surface area contributed by atoms with E-state index in [1.54, 1.807) is 0 Å². The van der Waals surface area contributed by atoms with E-state index in [0.717, 1.165) is 54.3 Å². The van der Waals surface area contributed by atoms with Crippen molar-refractivity contribution >= 4 is 5.78 Å². The molecule has 8 atom stereocenters. The van der Waals surface area contributed by atoms with Crippen molar-refractivity contribution in [2.45, 2.75) is 120 Å². The number of hydrogen-bond acceptors (Lipinski definition) is 1. The minimum atomic E-state index is -0.238. The molecule has 0 saturated heterocycles. The van der Waals surface area contributed by atoms with Gasteiger partial charge in [0.25, 0.3) is 0 Å². The van der Waals surface area contributed by atoms with E-state index in [0.29, 0.717) is 11.2 Å². The highest BCUT2D eigenvalue weighted by atomic mass is 16.1. The van der Waals surface area contributed by atoms with Crippen molar-refractivity contribution in [1.82, 2.24) is 0 Å². The Morgan fingerprint density at radius 3 is 2.34 bits per heavy atom. The summed E-state index contributed by atoms with van der Waals surface area (Å²) in [4.78, 5) is 12.8.